The second-order valence-electron chi connectivity index (χ2n) is 4.39. The lowest BCUT2D eigenvalue weighted by Gasteiger charge is -2.17. The Balaban J connectivity index is 2.53. The minimum atomic E-state index is -1.55. The van der Waals surface area contributed by atoms with Crippen molar-refractivity contribution in [1.82, 2.24) is 9.55 Å². The number of hydrogen-bond acceptors (Lipinski definition) is 8. The molecule has 0 radical (unpaired) electrons. The quantitative estimate of drug-likeness (QED) is 0.289. The Morgan fingerprint density at radius 2 is 2.05 bits per heavy atom. The summed E-state index contributed by atoms with van der Waals surface area (Å²) in [5, 5.41) is 37.7. The van der Waals surface area contributed by atoms with Crippen LogP contribution in [-0.2, 0) is 9.53 Å². The molecule has 1 saturated heterocycles. The molecule has 0 spiro atoms. The van der Waals surface area contributed by atoms with Crippen LogP contribution in [0.25, 0.3) is 5.76 Å². The van der Waals surface area contributed by atoms with Gasteiger partial charge in [-0.05, 0) is 0 Å². The number of aromatic nitrogens is 2. The molecule has 1 aliphatic heterocycles. The van der Waals surface area contributed by atoms with Crippen LogP contribution >= 0.6 is 0 Å². The van der Waals surface area contributed by atoms with Gasteiger partial charge in [-0.15, -0.1) is 0 Å². The summed E-state index contributed by atoms with van der Waals surface area (Å²) >= 11 is 0. The fraction of sp³-hybridized carbons (Fsp3) is 0.455. The number of aromatic amines is 1. The van der Waals surface area contributed by atoms with Gasteiger partial charge in [-0.1, -0.05) is 0 Å². The van der Waals surface area contributed by atoms with Crippen molar-refractivity contribution in [3.05, 3.63) is 32.6 Å². The Morgan fingerprint density at radius 3 is 2.57 bits per heavy atom. The first-order valence-electron chi connectivity index (χ1n) is 5.83. The zero-order valence-corrected chi connectivity index (χ0v) is 10.5. The van der Waals surface area contributed by atoms with E-state index in [2.05, 4.69) is 0 Å². The molecule has 114 valence electrons. The SMILES string of the molecule is O=C=C(O)c1cn([C@@H]2O[C@H](CO)[C@@H](O)[C@H]2O)c(=O)[nH]c1=O. The summed E-state index contributed by atoms with van der Waals surface area (Å²) in [5.41, 5.74) is -2.57. The second kappa shape index (κ2) is 5.64. The van der Waals surface area contributed by atoms with E-state index in [1.54, 1.807) is 0 Å². The molecule has 1 aliphatic rings. The summed E-state index contributed by atoms with van der Waals surface area (Å²) in [6, 6.07) is 0. The smallest absolute Gasteiger partial charge is 0.330 e. The van der Waals surface area contributed by atoms with E-state index >= 15 is 0 Å². The molecule has 5 N–H and O–H groups in total. The second-order valence-corrected chi connectivity index (χ2v) is 4.39. The van der Waals surface area contributed by atoms with E-state index < -0.39 is 53.7 Å². The fourth-order valence-electron chi connectivity index (χ4n) is 2.01. The van der Waals surface area contributed by atoms with Gasteiger partial charge in [-0.25, -0.2) is 9.59 Å². The zero-order valence-electron chi connectivity index (χ0n) is 10.5. The number of nitrogens with zero attached hydrogens (tertiary/aromatic N) is 1. The van der Waals surface area contributed by atoms with Crippen LogP contribution in [0, 0.1) is 0 Å². The first-order chi connectivity index (χ1) is 9.90. The van der Waals surface area contributed by atoms with Crippen molar-refractivity contribution in [2.24, 2.45) is 0 Å². The molecule has 4 atom stereocenters. The maximum atomic E-state index is 11.7. The Morgan fingerprint density at radius 1 is 1.38 bits per heavy atom. The summed E-state index contributed by atoms with van der Waals surface area (Å²) < 4.78 is 5.80. The van der Waals surface area contributed by atoms with Crippen molar-refractivity contribution < 1.29 is 30.0 Å². The Hall–Kier alpha value is -2.23. The van der Waals surface area contributed by atoms with Crippen molar-refractivity contribution in [2.75, 3.05) is 6.61 Å². The van der Waals surface area contributed by atoms with Crippen LogP contribution in [0.15, 0.2) is 15.8 Å². The highest BCUT2D eigenvalue weighted by atomic mass is 16.6. The average Bonchev–Trinajstić information content (AvgIpc) is 2.74. The molecule has 2 rings (SSSR count). The van der Waals surface area contributed by atoms with Crippen LogP contribution in [0.5, 0.6) is 0 Å². The molecule has 0 aromatic carbocycles. The fourth-order valence-corrected chi connectivity index (χ4v) is 2.01. The summed E-state index contributed by atoms with van der Waals surface area (Å²) in [4.78, 5) is 35.4. The van der Waals surface area contributed by atoms with E-state index in [0.717, 1.165) is 12.1 Å². The molecule has 21 heavy (non-hydrogen) atoms. The number of carbonyl (C=O) groups excluding carboxylic acids is 1. The molecule has 0 bridgehead atoms. The predicted octanol–water partition coefficient (Wildman–Crippen LogP) is -3.12. The molecular weight excluding hydrogens is 288 g/mol. The highest BCUT2D eigenvalue weighted by Gasteiger charge is 2.43. The topological polar surface area (TPSA) is 162 Å². The van der Waals surface area contributed by atoms with E-state index in [4.69, 9.17) is 9.84 Å². The molecule has 10 heteroatoms. The summed E-state index contributed by atoms with van der Waals surface area (Å²) in [6.45, 7) is -0.598. The van der Waals surface area contributed by atoms with Gasteiger partial charge < -0.3 is 25.2 Å². The minimum absolute atomic E-state index is 0.553. The van der Waals surface area contributed by atoms with Gasteiger partial charge >= 0.3 is 5.69 Å². The predicted molar refractivity (Wildman–Crippen MR) is 66.1 cm³/mol. The van der Waals surface area contributed by atoms with Gasteiger partial charge in [0.1, 0.15) is 23.9 Å². The Kier molecular flexibility index (Phi) is 4.07. The molecular formula is C11H12N2O8. The number of rotatable bonds is 3. The minimum Gasteiger partial charge on any atom is -0.498 e. The molecule has 10 nitrogen and oxygen atoms in total. The van der Waals surface area contributed by atoms with Gasteiger partial charge in [0.2, 0.25) is 5.76 Å². The molecule has 2 heterocycles. The van der Waals surface area contributed by atoms with Gasteiger partial charge in [0.15, 0.2) is 12.2 Å². The van der Waals surface area contributed by atoms with Crippen LogP contribution in [0.4, 0.5) is 0 Å². The van der Waals surface area contributed by atoms with Crippen LogP contribution in [-0.4, -0.2) is 60.8 Å². The van der Waals surface area contributed by atoms with Gasteiger partial charge in [-0.2, -0.15) is 0 Å². The highest BCUT2D eigenvalue weighted by molar-refractivity contribution is 5.81. The lowest BCUT2D eigenvalue weighted by molar-refractivity contribution is -0.0550. The number of hydrogen-bond donors (Lipinski definition) is 5. The third-order valence-corrected chi connectivity index (χ3v) is 3.11. The third-order valence-electron chi connectivity index (χ3n) is 3.11. The maximum Gasteiger partial charge on any atom is 0.330 e. The molecule has 0 unspecified atom stereocenters. The lowest BCUT2D eigenvalue weighted by atomic mass is 10.1. The molecule has 1 aromatic rings. The zero-order chi connectivity index (χ0) is 15.7. The van der Waals surface area contributed by atoms with Crippen molar-refractivity contribution in [3.8, 4) is 0 Å². The van der Waals surface area contributed by atoms with E-state index in [0.29, 0.717) is 4.57 Å². The average molecular weight is 300 g/mol. The number of aliphatic hydroxyl groups excluding tert-OH is 4. The van der Waals surface area contributed by atoms with Crippen LogP contribution in [0.2, 0.25) is 0 Å². The van der Waals surface area contributed by atoms with Crippen LogP contribution < -0.4 is 11.2 Å². The molecule has 0 saturated carbocycles. The highest BCUT2D eigenvalue weighted by Crippen LogP contribution is 2.28. The van der Waals surface area contributed by atoms with Crippen molar-refractivity contribution in [1.29, 1.82) is 0 Å². The monoisotopic (exact) mass is 300 g/mol. The van der Waals surface area contributed by atoms with Gasteiger partial charge in [0.05, 0.1) is 6.61 Å². The summed E-state index contributed by atoms with van der Waals surface area (Å²) in [7, 11) is 0. The maximum absolute atomic E-state index is 11.7. The van der Waals surface area contributed by atoms with Gasteiger partial charge in [-0.3, -0.25) is 14.3 Å². The van der Waals surface area contributed by atoms with E-state index in [1.807, 2.05) is 4.98 Å². The van der Waals surface area contributed by atoms with E-state index in [1.165, 1.54) is 0 Å². The number of nitrogens with one attached hydrogen (secondary N) is 1. The van der Waals surface area contributed by atoms with E-state index in [-0.39, 0.29) is 0 Å². The van der Waals surface area contributed by atoms with Gasteiger partial charge in [0, 0.05) is 6.20 Å². The molecule has 0 aliphatic carbocycles. The first kappa shape index (κ1) is 15.2. The normalized spacial score (nSPS) is 28.3. The Bertz CT molecular complexity index is 701. The van der Waals surface area contributed by atoms with E-state index in [9.17, 15) is 29.7 Å². The van der Waals surface area contributed by atoms with Crippen LogP contribution in [0.3, 0.4) is 0 Å². The lowest BCUT2D eigenvalue weighted by Crippen LogP contribution is -2.38. The Labute approximate surface area is 116 Å². The third kappa shape index (κ3) is 2.53. The standard InChI is InChI=1S/C11H12N2O8/c14-2-5(16)4-1-13(11(20)12-9(4)19)10-8(18)7(17)6(3-15)21-10/h1,6-8,10,15-18H,3H2,(H,12,19,20)/t6-,7-,8-,10-/m1/s1. The molecule has 1 aromatic heterocycles. The molecule has 0 amide bonds. The number of aliphatic hydroxyl groups is 4. The number of H-pyrrole nitrogens is 1. The van der Waals surface area contributed by atoms with Crippen LogP contribution in [0.1, 0.15) is 11.8 Å². The summed E-state index contributed by atoms with van der Waals surface area (Å²) in [6.07, 6.45) is -4.73. The summed E-state index contributed by atoms with van der Waals surface area (Å²) in [5.74, 6) is 0.0626. The van der Waals surface area contributed by atoms with Gasteiger partial charge in [0.25, 0.3) is 5.56 Å². The van der Waals surface area contributed by atoms with Crippen molar-refractivity contribution >= 4 is 11.7 Å². The first-order valence-corrected chi connectivity index (χ1v) is 5.83. The van der Waals surface area contributed by atoms with Crippen molar-refractivity contribution in [2.45, 2.75) is 24.5 Å². The number of ether oxygens (including phenoxy) is 1. The largest absolute Gasteiger partial charge is 0.498 e. The molecule has 1 fully saturated rings. The van der Waals surface area contributed by atoms with Crippen molar-refractivity contribution in [3.63, 3.8) is 0 Å².